The van der Waals surface area contributed by atoms with Crippen molar-refractivity contribution < 1.29 is 8.42 Å². The molecule has 0 radical (unpaired) electrons. The molecule has 1 unspecified atom stereocenters. The number of benzene rings is 1. The lowest BCUT2D eigenvalue weighted by atomic mass is 10.0. The maximum atomic E-state index is 12.2. The maximum absolute atomic E-state index is 12.2. The molecule has 2 saturated heterocycles. The van der Waals surface area contributed by atoms with Gasteiger partial charge in [0.25, 0.3) is 0 Å². The first-order chi connectivity index (χ1) is 11.6. The zero-order chi connectivity index (χ0) is 16.7. The summed E-state index contributed by atoms with van der Waals surface area (Å²) in [5.74, 6) is 1.21. The summed E-state index contributed by atoms with van der Waals surface area (Å²) in [7, 11) is -3.07. The van der Waals surface area contributed by atoms with Crippen LogP contribution in [0.5, 0.6) is 0 Å². The molecule has 128 valence electrons. The van der Waals surface area contributed by atoms with Gasteiger partial charge in [-0.3, -0.25) is 0 Å². The molecule has 2 aromatic rings. The predicted molar refractivity (Wildman–Crippen MR) is 94.6 cm³/mol. The van der Waals surface area contributed by atoms with Crippen molar-refractivity contribution in [2.24, 2.45) is 0 Å². The maximum Gasteiger partial charge on any atom is 0.214 e. The van der Waals surface area contributed by atoms with E-state index in [-0.39, 0.29) is 6.04 Å². The van der Waals surface area contributed by atoms with E-state index >= 15 is 0 Å². The summed E-state index contributed by atoms with van der Waals surface area (Å²) in [5.41, 5.74) is 2.10. The second-order valence-corrected chi connectivity index (χ2v) is 8.73. The van der Waals surface area contributed by atoms with E-state index in [1.54, 1.807) is 10.6 Å². The second kappa shape index (κ2) is 5.97. The van der Waals surface area contributed by atoms with Crippen LogP contribution >= 0.6 is 0 Å². The molecule has 6 nitrogen and oxygen atoms in total. The molecule has 1 aromatic heterocycles. The van der Waals surface area contributed by atoms with Gasteiger partial charge in [-0.15, -0.1) is 0 Å². The van der Waals surface area contributed by atoms with Crippen molar-refractivity contribution in [3.63, 3.8) is 0 Å². The van der Waals surface area contributed by atoms with Crippen molar-refractivity contribution in [3.8, 4) is 0 Å². The van der Waals surface area contributed by atoms with Crippen molar-refractivity contribution in [2.45, 2.75) is 32.2 Å². The van der Waals surface area contributed by atoms with Crippen LogP contribution in [0.4, 0.5) is 5.82 Å². The number of aryl methyl sites for hydroxylation is 1. The Bertz CT molecular complexity index is 868. The topological polar surface area (TPSA) is 66.4 Å². The molecule has 0 spiro atoms. The van der Waals surface area contributed by atoms with Crippen LogP contribution < -0.4 is 4.90 Å². The zero-order valence-corrected chi connectivity index (χ0v) is 14.7. The summed E-state index contributed by atoms with van der Waals surface area (Å²) < 4.78 is 26.2. The highest BCUT2D eigenvalue weighted by atomic mass is 32.2. The predicted octanol–water partition coefficient (Wildman–Crippen LogP) is 1.94. The molecule has 2 aliphatic rings. The number of hydrogen-bond acceptors (Lipinski definition) is 5. The first-order valence-corrected chi connectivity index (χ1v) is 10.1. The summed E-state index contributed by atoms with van der Waals surface area (Å²) in [6.07, 6.45) is 4.26. The molecule has 0 saturated carbocycles. The molecule has 7 heteroatoms. The van der Waals surface area contributed by atoms with Gasteiger partial charge in [-0.2, -0.15) is 4.31 Å². The lowest BCUT2D eigenvalue weighted by Crippen LogP contribution is -2.48. The van der Waals surface area contributed by atoms with Crippen LogP contribution in [0, 0.1) is 6.92 Å². The van der Waals surface area contributed by atoms with E-state index in [0.717, 1.165) is 48.1 Å². The summed E-state index contributed by atoms with van der Waals surface area (Å²) in [4.78, 5) is 11.2. The fourth-order valence-corrected chi connectivity index (χ4v) is 5.69. The second-order valence-electron chi connectivity index (χ2n) is 6.69. The number of sulfonamides is 1. The average molecular weight is 346 g/mol. The monoisotopic (exact) mass is 346 g/mol. The van der Waals surface area contributed by atoms with E-state index in [2.05, 4.69) is 27.9 Å². The molecule has 0 amide bonds. The van der Waals surface area contributed by atoms with E-state index in [1.165, 1.54) is 0 Å². The summed E-state index contributed by atoms with van der Waals surface area (Å²) in [6.45, 7) is 4.32. The molecule has 0 aliphatic carbocycles. The largest absolute Gasteiger partial charge is 0.354 e. The molecule has 24 heavy (non-hydrogen) atoms. The van der Waals surface area contributed by atoms with Gasteiger partial charge < -0.3 is 4.90 Å². The lowest BCUT2D eigenvalue weighted by molar-refractivity contribution is 0.298. The van der Waals surface area contributed by atoms with Crippen LogP contribution in [0.25, 0.3) is 10.9 Å². The van der Waals surface area contributed by atoms with E-state index in [0.29, 0.717) is 18.8 Å². The van der Waals surface area contributed by atoms with Gasteiger partial charge >= 0.3 is 0 Å². The lowest BCUT2D eigenvalue weighted by Gasteiger charge is -2.37. The van der Waals surface area contributed by atoms with Crippen LogP contribution in [0.3, 0.4) is 0 Å². The number of aromatic nitrogens is 2. The van der Waals surface area contributed by atoms with Gasteiger partial charge in [0.15, 0.2) is 0 Å². The van der Waals surface area contributed by atoms with Crippen molar-refractivity contribution in [3.05, 3.63) is 30.1 Å². The SMILES string of the molecule is Cc1cccc2c(N3CCCC(N4CCCS4(=O)=O)C3)ncnc12. The Morgan fingerprint density at radius 2 is 2.04 bits per heavy atom. The van der Waals surface area contributed by atoms with Crippen molar-refractivity contribution >= 4 is 26.7 Å². The number of hydrogen-bond donors (Lipinski definition) is 0. The average Bonchev–Trinajstić information content (AvgIpc) is 2.94. The summed E-state index contributed by atoms with van der Waals surface area (Å²) in [5, 5.41) is 1.04. The summed E-state index contributed by atoms with van der Waals surface area (Å²) >= 11 is 0. The Kier molecular flexibility index (Phi) is 3.92. The van der Waals surface area contributed by atoms with Crippen LogP contribution in [0.2, 0.25) is 0 Å². The highest BCUT2D eigenvalue weighted by Gasteiger charge is 2.37. The number of piperidine rings is 1. The van der Waals surface area contributed by atoms with E-state index in [1.807, 2.05) is 12.1 Å². The van der Waals surface area contributed by atoms with Gasteiger partial charge in [0.1, 0.15) is 12.1 Å². The molecular formula is C17H22N4O2S. The number of anilines is 1. The van der Waals surface area contributed by atoms with Crippen LogP contribution in [0.15, 0.2) is 24.5 Å². The Morgan fingerprint density at radius 1 is 1.17 bits per heavy atom. The number of rotatable bonds is 2. The third kappa shape index (κ3) is 2.65. The quantitative estimate of drug-likeness (QED) is 0.831. The number of para-hydroxylation sites is 1. The molecule has 1 atom stereocenters. The normalized spacial score (nSPS) is 24.5. The molecule has 2 aliphatic heterocycles. The first kappa shape index (κ1) is 15.8. The van der Waals surface area contributed by atoms with E-state index in [9.17, 15) is 8.42 Å². The van der Waals surface area contributed by atoms with Crippen LogP contribution in [0.1, 0.15) is 24.8 Å². The van der Waals surface area contributed by atoms with E-state index < -0.39 is 10.0 Å². The van der Waals surface area contributed by atoms with Gasteiger partial charge in [-0.25, -0.2) is 18.4 Å². The highest BCUT2D eigenvalue weighted by molar-refractivity contribution is 7.89. The van der Waals surface area contributed by atoms with Crippen LogP contribution in [-0.4, -0.2) is 54.1 Å². The van der Waals surface area contributed by atoms with Crippen molar-refractivity contribution in [2.75, 3.05) is 30.3 Å². The Hall–Kier alpha value is -1.73. The molecule has 0 N–H and O–H groups in total. The van der Waals surface area contributed by atoms with Gasteiger partial charge in [0.2, 0.25) is 10.0 Å². The minimum atomic E-state index is -3.07. The minimum absolute atomic E-state index is 0.0566. The standard InChI is InChI=1S/C17H22N4O2S/c1-13-5-2-7-15-16(13)18-12-19-17(15)20-8-3-6-14(11-20)21-9-4-10-24(21,22)23/h2,5,7,12,14H,3-4,6,8-11H2,1H3. The van der Waals surface area contributed by atoms with Gasteiger partial charge in [-0.1, -0.05) is 12.1 Å². The molecule has 3 heterocycles. The third-order valence-corrected chi connectivity index (χ3v) is 7.09. The molecule has 4 rings (SSSR count). The molecule has 2 fully saturated rings. The number of fused-ring (bicyclic) bond motifs is 1. The van der Waals surface area contributed by atoms with Gasteiger partial charge in [0.05, 0.1) is 11.3 Å². The fraction of sp³-hybridized carbons (Fsp3) is 0.529. The Labute approximate surface area is 142 Å². The minimum Gasteiger partial charge on any atom is -0.354 e. The van der Waals surface area contributed by atoms with Gasteiger partial charge in [0, 0.05) is 31.1 Å². The molecule has 1 aromatic carbocycles. The van der Waals surface area contributed by atoms with Gasteiger partial charge in [-0.05, 0) is 37.8 Å². The smallest absolute Gasteiger partial charge is 0.214 e. The Balaban J connectivity index is 1.67. The Morgan fingerprint density at radius 3 is 2.83 bits per heavy atom. The molecule has 0 bridgehead atoms. The fourth-order valence-electron chi connectivity index (χ4n) is 3.92. The van der Waals surface area contributed by atoms with E-state index in [4.69, 9.17) is 0 Å². The van der Waals surface area contributed by atoms with Crippen LogP contribution in [-0.2, 0) is 10.0 Å². The van der Waals surface area contributed by atoms with Crippen molar-refractivity contribution in [1.82, 2.24) is 14.3 Å². The van der Waals surface area contributed by atoms with Crippen molar-refractivity contribution in [1.29, 1.82) is 0 Å². The molecular weight excluding hydrogens is 324 g/mol. The summed E-state index contributed by atoms with van der Waals surface area (Å²) in [6, 6.07) is 6.18. The zero-order valence-electron chi connectivity index (χ0n) is 13.9. The first-order valence-electron chi connectivity index (χ1n) is 8.51. The highest BCUT2D eigenvalue weighted by Crippen LogP contribution is 2.30. The number of nitrogens with zero attached hydrogens (tertiary/aromatic N) is 4. The third-order valence-electron chi connectivity index (χ3n) is 5.09.